The Hall–Kier alpha value is 0.600. The van der Waals surface area contributed by atoms with E-state index in [1.54, 1.807) is 0 Å². The average molecular weight is 238 g/mol. The van der Waals surface area contributed by atoms with Gasteiger partial charge in [-0.3, -0.25) is 0 Å². The summed E-state index contributed by atoms with van der Waals surface area (Å²) in [6.07, 6.45) is 2.42. The first kappa shape index (κ1) is 14.6. The van der Waals surface area contributed by atoms with Crippen molar-refractivity contribution in [1.82, 2.24) is 4.90 Å². The lowest BCUT2D eigenvalue weighted by atomic mass is 10.2. The van der Waals surface area contributed by atoms with E-state index in [4.69, 9.17) is 11.6 Å². The van der Waals surface area contributed by atoms with Gasteiger partial charge in [0, 0.05) is 11.9 Å². The molecule has 0 spiro atoms. The van der Waals surface area contributed by atoms with Crippen LogP contribution < -0.4 is 0 Å². The van der Waals surface area contributed by atoms with E-state index in [1.165, 1.54) is 24.5 Å². The summed E-state index contributed by atoms with van der Waals surface area (Å²) in [5, 5.41) is 0. The molecule has 0 radical (unpaired) electrons. The highest BCUT2D eigenvalue weighted by molar-refractivity contribution is 7.99. The summed E-state index contributed by atoms with van der Waals surface area (Å²) in [7, 11) is 0. The van der Waals surface area contributed by atoms with Crippen molar-refractivity contribution < 1.29 is 0 Å². The van der Waals surface area contributed by atoms with E-state index in [9.17, 15) is 0 Å². The zero-order valence-corrected chi connectivity index (χ0v) is 11.3. The molecule has 86 valence electrons. The molecule has 0 aromatic heterocycles. The molecule has 0 aliphatic carbocycles. The lowest BCUT2D eigenvalue weighted by Crippen LogP contribution is -2.33. The average Bonchev–Trinajstić information content (AvgIpc) is 2.16. The van der Waals surface area contributed by atoms with Gasteiger partial charge in [0.05, 0.1) is 0 Å². The number of halogens is 1. The monoisotopic (exact) mass is 237 g/mol. The van der Waals surface area contributed by atoms with Crippen molar-refractivity contribution in [3.63, 3.8) is 0 Å². The van der Waals surface area contributed by atoms with Crippen LogP contribution in [0.4, 0.5) is 0 Å². The zero-order valence-electron chi connectivity index (χ0n) is 9.76. The lowest BCUT2D eigenvalue weighted by Gasteiger charge is -2.25. The smallest absolute Gasteiger partial charge is 0.0235 e. The molecule has 0 amide bonds. The summed E-state index contributed by atoms with van der Waals surface area (Å²) < 4.78 is 0. The Morgan fingerprint density at radius 1 is 1.21 bits per heavy atom. The van der Waals surface area contributed by atoms with Crippen molar-refractivity contribution in [3.05, 3.63) is 0 Å². The van der Waals surface area contributed by atoms with Gasteiger partial charge < -0.3 is 4.90 Å². The summed E-state index contributed by atoms with van der Waals surface area (Å²) in [6, 6.07) is 0.657. The third-order valence-corrected chi connectivity index (χ3v) is 3.50. The molecule has 0 saturated heterocycles. The molecule has 0 rings (SSSR count). The van der Waals surface area contributed by atoms with E-state index in [1.807, 2.05) is 11.8 Å². The van der Waals surface area contributed by atoms with Crippen molar-refractivity contribution in [2.45, 2.75) is 39.7 Å². The molecule has 0 N–H and O–H groups in total. The summed E-state index contributed by atoms with van der Waals surface area (Å²) in [4.78, 5) is 2.53. The van der Waals surface area contributed by atoms with Gasteiger partial charge in [0.1, 0.15) is 0 Å². The van der Waals surface area contributed by atoms with Gasteiger partial charge in [-0.2, -0.15) is 11.8 Å². The van der Waals surface area contributed by atoms with Gasteiger partial charge in [-0.1, -0.05) is 6.92 Å². The second kappa shape index (κ2) is 10.1. The van der Waals surface area contributed by atoms with Crippen molar-refractivity contribution in [1.29, 1.82) is 0 Å². The zero-order chi connectivity index (χ0) is 10.8. The molecule has 0 atom stereocenters. The van der Waals surface area contributed by atoms with Crippen molar-refractivity contribution in [2.24, 2.45) is 0 Å². The van der Waals surface area contributed by atoms with Crippen LogP contribution in [-0.2, 0) is 0 Å². The first-order chi connectivity index (χ1) is 6.72. The van der Waals surface area contributed by atoms with Gasteiger partial charge in [0.15, 0.2) is 0 Å². The van der Waals surface area contributed by atoms with Crippen molar-refractivity contribution in [2.75, 3.05) is 30.5 Å². The Morgan fingerprint density at radius 2 is 1.86 bits per heavy atom. The Morgan fingerprint density at radius 3 is 2.36 bits per heavy atom. The van der Waals surface area contributed by atoms with E-state index >= 15 is 0 Å². The van der Waals surface area contributed by atoms with Crippen LogP contribution in [0.15, 0.2) is 0 Å². The standard InChI is InChI=1S/C11H24ClNS/c1-4-14-10-6-9-13(11(2)3)8-5-7-12/h11H,4-10H2,1-3H3. The van der Waals surface area contributed by atoms with Crippen LogP contribution in [0.3, 0.4) is 0 Å². The molecule has 0 heterocycles. The minimum Gasteiger partial charge on any atom is -0.301 e. The van der Waals surface area contributed by atoms with Crippen LogP contribution in [-0.4, -0.2) is 41.4 Å². The van der Waals surface area contributed by atoms with Crippen LogP contribution in [0.25, 0.3) is 0 Å². The Balaban J connectivity index is 3.52. The summed E-state index contributed by atoms with van der Waals surface area (Å²) in [5.41, 5.74) is 0. The SMILES string of the molecule is CCSCCCN(CCCCl)C(C)C. The number of hydrogen-bond donors (Lipinski definition) is 0. The predicted molar refractivity (Wildman–Crippen MR) is 69.7 cm³/mol. The molecule has 0 aliphatic heterocycles. The molecule has 0 aromatic carbocycles. The Bertz CT molecular complexity index is 120. The molecule has 0 fully saturated rings. The van der Waals surface area contributed by atoms with Gasteiger partial charge in [0.2, 0.25) is 0 Å². The van der Waals surface area contributed by atoms with Crippen LogP contribution in [0, 0.1) is 0 Å². The van der Waals surface area contributed by atoms with Crippen LogP contribution in [0.5, 0.6) is 0 Å². The molecule has 3 heteroatoms. The number of rotatable bonds is 9. The molecule has 1 nitrogen and oxygen atoms in total. The predicted octanol–water partition coefficient (Wildman–Crippen LogP) is 3.47. The maximum atomic E-state index is 5.70. The number of thioether (sulfide) groups is 1. The van der Waals surface area contributed by atoms with E-state index < -0.39 is 0 Å². The topological polar surface area (TPSA) is 3.24 Å². The molecule has 0 bridgehead atoms. The highest BCUT2D eigenvalue weighted by atomic mass is 35.5. The van der Waals surface area contributed by atoms with Gasteiger partial charge in [-0.05, 0) is 51.3 Å². The molecule has 0 saturated carbocycles. The minimum atomic E-state index is 0.657. The molecule has 14 heavy (non-hydrogen) atoms. The van der Waals surface area contributed by atoms with Gasteiger partial charge in [0.25, 0.3) is 0 Å². The number of hydrogen-bond acceptors (Lipinski definition) is 2. The lowest BCUT2D eigenvalue weighted by molar-refractivity contribution is 0.223. The van der Waals surface area contributed by atoms with E-state index in [0.29, 0.717) is 6.04 Å². The fraction of sp³-hybridized carbons (Fsp3) is 1.00. The Kier molecular flexibility index (Phi) is 10.6. The number of alkyl halides is 1. The minimum absolute atomic E-state index is 0.657. The van der Waals surface area contributed by atoms with Gasteiger partial charge in [-0.25, -0.2) is 0 Å². The third-order valence-electron chi connectivity index (χ3n) is 2.25. The molecular weight excluding hydrogens is 214 g/mol. The number of nitrogens with zero attached hydrogens (tertiary/aromatic N) is 1. The van der Waals surface area contributed by atoms with Crippen molar-refractivity contribution >= 4 is 23.4 Å². The van der Waals surface area contributed by atoms with Gasteiger partial charge in [-0.15, -0.1) is 11.6 Å². The molecule has 0 unspecified atom stereocenters. The maximum Gasteiger partial charge on any atom is 0.0235 e. The highest BCUT2D eigenvalue weighted by Crippen LogP contribution is 2.06. The fourth-order valence-corrected chi connectivity index (χ4v) is 2.15. The second-order valence-electron chi connectivity index (χ2n) is 3.72. The largest absolute Gasteiger partial charge is 0.301 e. The maximum absolute atomic E-state index is 5.70. The highest BCUT2D eigenvalue weighted by Gasteiger charge is 2.07. The van der Waals surface area contributed by atoms with Crippen molar-refractivity contribution in [3.8, 4) is 0 Å². The van der Waals surface area contributed by atoms with Crippen LogP contribution in [0.1, 0.15) is 33.6 Å². The summed E-state index contributed by atoms with van der Waals surface area (Å²) in [5.74, 6) is 3.32. The fourth-order valence-electron chi connectivity index (χ4n) is 1.41. The van der Waals surface area contributed by atoms with E-state index in [0.717, 1.165) is 18.8 Å². The second-order valence-corrected chi connectivity index (χ2v) is 5.49. The van der Waals surface area contributed by atoms with E-state index in [2.05, 4.69) is 25.7 Å². The van der Waals surface area contributed by atoms with E-state index in [-0.39, 0.29) is 0 Å². The quantitative estimate of drug-likeness (QED) is 0.446. The van der Waals surface area contributed by atoms with Crippen LogP contribution >= 0.6 is 23.4 Å². The normalized spacial score (nSPS) is 11.6. The molecular formula is C11H24ClNS. The molecule has 0 aromatic rings. The first-order valence-corrected chi connectivity index (χ1v) is 7.29. The van der Waals surface area contributed by atoms with Crippen LogP contribution in [0.2, 0.25) is 0 Å². The molecule has 0 aliphatic rings. The third kappa shape index (κ3) is 7.95. The summed E-state index contributed by atoms with van der Waals surface area (Å²) in [6.45, 7) is 9.13. The van der Waals surface area contributed by atoms with Gasteiger partial charge >= 0.3 is 0 Å². The summed E-state index contributed by atoms with van der Waals surface area (Å²) >= 11 is 7.74. The first-order valence-electron chi connectivity index (χ1n) is 5.60. The Labute approximate surface area is 98.6 Å².